The summed E-state index contributed by atoms with van der Waals surface area (Å²) in [6.45, 7) is 3.78. The van der Waals surface area contributed by atoms with Crippen LogP contribution in [0, 0.1) is 11.3 Å². The Bertz CT molecular complexity index is 831. The van der Waals surface area contributed by atoms with Crippen LogP contribution in [0.15, 0.2) is 54.6 Å². The molecule has 2 amide bonds. The monoisotopic (exact) mass is 333 g/mol. The molecule has 2 rings (SSSR count). The largest absolute Gasteiger partial charge is 0.350 e. The molecule has 0 saturated heterocycles. The minimum Gasteiger partial charge on any atom is -0.350 e. The van der Waals surface area contributed by atoms with E-state index in [9.17, 15) is 9.59 Å². The molecule has 0 aromatic heterocycles. The molecular formula is C20H19N3O2. The van der Waals surface area contributed by atoms with E-state index in [0.29, 0.717) is 22.4 Å². The number of benzene rings is 2. The highest BCUT2D eigenvalue weighted by Crippen LogP contribution is 2.12. The van der Waals surface area contributed by atoms with E-state index in [1.54, 1.807) is 54.6 Å². The molecule has 0 fully saturated rings. The lowest BCUT2D eigenvalue weighted by Crippen LogP contribution is -2.29. The zero-order chi connectivity index (χ0) is 18.2. The van der Waals surface area contributed by atoms with Gasteiger partial charge in [-0.05, 0) is 55.8 Å². The molecule has 0 spiro atoms. The Labute approximate surface area is 147 Å². The van der Waals surface area contributed by atoms with Crippen LogP contribution >= 0.6 is 0 Å². The Balaban J connectivity index is 2.00. The maximum Gasteiger partial charge on any atom is 0.251 e. The van der Waals surface area contributed by atoms with Gasteiger partial charge in [-0.3, -0.25) is 9.59 Å². The van der Waals surface area contributed by atoms with E-state index in [-0.39, 0.29) is 17.9 Å². The third-order valence-corrected chi connectivity index (χ3v) is 3.33. The second-order valence-corrected chi connectivity index (χ2v) is 5.73. The van der Waals surface area contributed by atoms with Crippen LogP contribution in [-0.2, 0) is 4.79 Å². The molecule has 0 unspecified atom stereocenters. The predicted octanol–water partition coefficient (Wildman–Crippen LogP) is 3.35. The van der Waals surface area contributed by atoms with Gasteiger partial charge in [0.2, 0.25) is 5.91 Å². The highest BCUT2D eigenvalue weighted by atomic mass is 16.2. The van der Waals surface area contributed by atoms with Crippen molar-refractivity contribution in [1.29, 1.82) is 5.26 Å². The van der Waals surface area contributed by atoms with Gasteiger partial charge in [0.05, 0.1) is 11.6 Å². The summed E-state index contributed by atoms with van der Waals surface area (Å²) in [6.07, 6.45) is 2.97. The zero-order valence-electron chi connectivity index (χ0n) is 14.1. The van der Waals surface area contributed by atoms with Crippen LogP contribution in [0.5, 0.6) is 0 Å². The number of hydrogen-bond donors (Lipinski definition) is 2. The third kappa shape index (κ3) is 5.33. The summed E-state index contributed by atoms with van der Waals surface area (Å²) < 4.78 is 0. The van der Waals surface area contributed by atoms with E-state index in [2.05, 4.69) is 16.7 Å². The molecule has 2 aromatic carbocycles. The van der Waals surface area contributed by atoms with Crippen LogP contribution in [0.2, 0.25) is 0 Å². The molecule has 0 heterocycles. The lowest BCUT2D eigenvalue weighted by Gasteiger charge is -2.09. The van der Waals surface area contributed by atoms with Crippen LogP contribution in [0.3, 0.4) is 0 Å². The van der Waals surface area contributed by atoms with Gasteiger partial charge in [0.15, 0.2) is 0 Å². The van der Waals surface area contributed by atoms with E-state index in [0.717, 1.165) is 0 Å². The molecule has 2 N–H and O–H groups in total. The number of nitriles is 1. The summed E-state index contributed by atoms with van der Waals surface area (Å²) in [5.74, 6) is -0.465. The fourth-order valence-corrected chi connectivity index (χ4v) is 2.14. The van der Waals surface area contributed by atoms with Crippen LogP contribution in [0.4, 0.5) is 5.69 Å². The highest BCUT2D eigenvalue weighted by Gasteiger charge is 2.07. The number of rotatable bonds is 5. The third-order valence-electron chi connectivity index (χ3n) is 3.33. The number of carbonyl (C=O) groups is 2. The van der Waals surface area contributed by atoms with E-state index >= 15 is 0 Å². The van der Waals surface area contributed by atoms with Crippen LogP contribution in [-0.4, -0.2) is 17.9 Å². The number of nitrogens with zero attached hydrogens (tertiary/aromatic N) is 1. The maximum atomic E-state index is 12.0. The zero-order valence-corrected chi connectivity index (χ0v) is 14.1. The lowest BCUT2D eigenvalue weighted by molar-refractivity contribution is -0.111. The molecular weight excluding hydrogens is 314 g/mol. The number of anilines is 1. The molecule has 0 radical (unpaired) electrons. The fraction of sp³-hybridized carbons (Fsp3) is 0.150. The molecule has 0 saturated carbocycles. The topological polar surface area (TPSA) is 82.0 Å². The number of carbonyl (C=O) groups excluding carboxylic acids is 2. The van der Waals surface area contributed by atoms with Crippen molar-refractivity contribution in [2.24, 2.45) is 0 Å². The van der Waals surface area contributed by atoms with Crippen LogP contribution in [0.25, 0.3) is 6.08 Å². The Hall–Kier alpha value is -3.39. The summed E-state index contributed by atoms with van der Waals surface area (Å²) in [7, 11) is 0. The predicted molar refractivity (Wildman–Crippen MR) is 97.9 cm³/mol. The average molecular weight is 333 g/mol. The highest BCUT2D eigenvalue weighted by molar-refractivity contribution is 6.02. The molecule has 5 nitrogen and oxygen atoms in total. The Morgan fingerprint density at radius 3 is 2.40 bits per heavy atom. The van der Waals surface area contributed by atoms with Crippen molar-refractivity contribution in [2.75, 3.05) is 5.32 Å². The van der Waals surface area contributed by atoms with Gasteiger partial charge in [-0.1, -0.05) is 18.2 Å². The van der Waals surface area contributed by atoms with Crippen molar-refractivity contribution < 1.29 is 9.59 Å². The lowest BCUT2D eigenvalue weighted by atomic mass is 10.1. The van der Waals surface area contributed by atoms with Crippen molar-refractivity contribution in [3.8, 4) is 6.07 Å². The van der Waals surface area contributed by atoms with Crippen molar-refractivity contribution in [3.63, 3.8) is 0 Å². The standard InChI is InChI=1S/C20H19N3O2/c1-14(2)22-20(25)16-7-10-18(11-8-16)23-19(24)12-9-15-5-3-4-6-17(15)13-21/h3-12,14H,1-2H3,(H,22,25)(H,23,24)/b12-9+. The van der Waals surface area contributed by atoms with E-state index < -0.39 is 0 Å². The molecule has 2 aromatic rings. The van der Waals surface area contributed by atoms with Gasteiger partial charge in [0, 0.05) is 23.4 Å². The first-order valence-electron chi connectivity index (χ1n) is 7.88. The summed E-state index contributed by atoms with van der Waals surface area (Å²) in [5, 5.41) is 14.5. The molecule has 0 bridgehead atoms. The summed E-state index contributed by atoms with van der Waals surface area (Å²) in [6, 6.07) is 15.8. The Morgan fingerprint density at radius 2 is 1.76 bits per heavy atom. The van der Waals surface area contributed by atoms with E-state index in [1.807, 2.05) is 13.8 Å². The smallest absolute Gasteiger partial charge is 0.251 e. The van der Waals surface area contributed by atoms with E-state index in [4.69, 9.17) is 5.26 Å². The van der Waals surface area contributed by atoms with Crippen LogP contribution in [0.1, 0.15) is 35.3 Å². The fourth-order valence-electron chi connectivity index (χ4n) is 2.14. The number of amides is 2. The minimum absolute atomic E-state index is 0.0632. The van der Waals surface area contributed by atoms with Crippen molar-refractivity contribution in [2.45, 2.75) is 19.9 Å². The van der Waals surface area contributed by atoms with Gasteiger partial charge in [-0.15, -0.1) is 0 Å². The van der Waals surface area contributed by atoms with E-state index in [1.165, 1.54) is 6.08 Å². The maximum absolute atomic E-state index is 12.0. The summed E-state index contributed by atoms with van der Waals surface area (Å²) in [4.78, 5) is 23.9. The van der Waals surface area contributed by atoms with Crippen molar-refractivity contribution >= 4 is 23.6 Å². The first-order valence-corrected chi connectivity index (χ1v) is 7.88. The molecule has 0 aliphatic carbocycles. The molecule has 0 aliphatic heterocycles. The summed E-state index contributed by atoms with van der Waals surface area (Å²) >= 11 is 0. The number of hydrogen-bond acceptors (Lipinski definition) is 3. The summed E-state index contributed by atoms with van der Waals surface area (Å²) in [5.41, 5.74) is 2.31. The molecule has 25 heavy (non-hydrogen) atoms. The molecule has 126 valence electrons. The van der Waals surface area contributed by atoms with Gasteiger partial charge < -0.3 is 10.6 Å². The van der Waals surface area contributed by atoms with Gasteiger partial charge in [-0.2, -0.15) is 5.26 Å². The first kappa shape index (κ1) is 18.0. The average Bonchev–Trinajstić information content (AvgIpc) is 2.60. The van der Waals surface area contributed by atoms with Gasteiger partial charge >= 0.3 is 0 Å². The molecule has 0 aliphatic rings. The van der Waals surface area contributed by atoms with Crippen molar-refractivity contribution in [3.05, 3.63) is 71.3 Å². The minimum atomic E-state index is -0.313. The second-order valence-electron chi connectivity index (χ2n) is 5.73. The normalized spacial score (nSPS) is 10.5. The van der Waals surface area contributed by atoms with Crippen LogP contribution < -0.4 is 10.6 Å². The van der Waals surface area contributed by atoms with Gasteiger partial charge in [0.1, 0.15) is 0 Å². The molecule has 5 heteroatoms. The van der Waals surface area contributed by atoms with Gasteiger partial charge in [-0.25, -0.2) is 0 Å². The van der Waals surface area contributed by atoms with Gasteiger partial charge in [0.25, 0.3) is 5.91 Å². The molecule has 0 atom stereocenters. The SMILES string of the molecule is CC(C)NC(=O)c1ccc(NC(=O)/C=C/c2ccccc2C#N)cc1. The first-order chi connectivity index (χ1) is 12.0. The Morgan fingerprint density at radius 1 is 1.08 bits per heavy atom. The Kier molecular flexibility index (Phi) is 6.08. The van der Waals surface area contributed by atoms with Crippen molar-refractivity contribution in [1.82, 2.24) is 5.32 Å². The second kappa shape index (κ2) is 8.46. The number of nitrogens with one attached hydrogen (secondary N) is 2. The quantitative estimate of drug-likeness (QED) is 0.823.